The number of nitro benzene ring substituents is 1. The first-order chi connectivity index (χ1) is 5.77. The van der Waals surface area contributed by atoms with Crippen LogP contribution < -0.4 is 6.15 Å². The van der Waals surface area contributed by atoms with Crippen LogP contribution in [-0.4, -0.2) is 9.91 Å². The number of aromatic nitrogens is 1. The number of hydrogen-bond acceptors (Lipinski definition) is 5. The molecule has 0 radical (unpaired) electrons. The van der Waals surface area contributed by atoms with Gasteiger partial charge >= 0.3 is 0 Å². The number of hydrogen-bond donors (Lipinski definition) is 1. The van der Waals surface area contributed by atoms with E-state index in [0.717, 1.165) is 10.2 Å². The number of rotatable bonds is 1. The van der Waals surface area contributed by atoms with Crippen LogP contribution >= 0.6 is 11.3 Å². The Morgan fingerprint density at radius 1 is 1.46 bits per heavy atom. The second-order valence-corrected chi connectivity index (χ2v) is 3.15. The molecule has 68 valence electrons. The van der Waals surface area contributed by atoms with Gasteiger partial charge in [0.05, 0.1) is 20.7 Å². The summed E-state index contributed by atoms with van der Waals surface area (Å²) in [6, 6.07) is 4.65. The Kier molecular flexibility index (Phi) is 2.54. The maximum absolute atomic E-state index is 10.4. The van der Waals surface area contributed by atoms with Crippen molar-refractivity contribution in [3.05, 3.63) is 33.8 Å². The van der Waals surface area contributed by atoms with Gasteiger partial charge in [0.25, 0.3) is 5.69 Å². The third kappa shape index (κ3) is 1.63. The van der Waals surface area contributed by atoms with E-state index in [0.29, 0.717) is 0 Å². The molecule has 2 rings (SSSR count). The monoisotopic (exact) mass is 197 g/mol. The van der Waals surface area contributed by atoms with E-state index in [2.05, 4.69) is 4.98 Å². The molecule has 0 aliphatic rings. The third-order valence-corrected chi connectivity index (χ3v) is 2.32. The zero-order valence-electron chi connectivity index (χ0n) is 6.64. The lowest BCUT2D eigenvalue weighted by molar-refractivity contribution is -0.384. The van der Waals surface area contributed by atoms with Crippen molar-refractivity contribution in [2.45, 2.75) is 0 Å². The summed E-state index contributed by atoms with van der Waals surface area (Å²) in [6.45, 7) is 0. The quantitative estimate of drug-likeness (QED) is 0.561. The second kappa shape index (κ2) is 3.46. The highest BCUT2D eigenvalue weighted by Crippen LogP contribution is 2.22. The molecule has 0 bridgehead atoms. The molecule has 0 fully saturated rings. The van der Waals surface area contributed by atoms with E-state index in [1.807, 2.05) is 0 Å². The molecule has 1 aromatic carbocycles. The molecule has 0 unspecified atom stereocenters. The molecule has 6 heteroatoms. The predicted octanol–water partition coefficient (Wildman–Crippen LogP) is 2.37. The summed E-state index contributed by atoms with van der Waals surface area (Å²) < 4.78 is 0.851. The van der Waals surface area contributed by atoms with E-state index in [1.54, 1.807) is 11.6 Å². The Labute approximate surface area is 77.8 Å². The molecule has 0 saturated carbocycles. The number of fused-ring (bicyclic) bond motifs is 1. The number of thiazole rings is 1. The van der Waals surface area contributed by atoms with Crippen LogP contribution in [0.1, 0.15) is 0 Å². The van der Waals surface area contributed by atoms with Gasteiger partial charge in [-0.1, -0.05) is 0 Å². The van der Waals surface area contributed by atoms with Crippen LogP contribution in [0, 0.1) is 10.1 Å². The molecule has 0 atom stereocenters. The van der Waals surface area contributed by atoms with E-state index in [4.69, 9.17) is 0 Å². The summed E-state index contributed by atoms with van der Waals surface area (Å²) in [4.78, 5) is 14.0. The van der Waals surface area contributed by atoms with Crippen molar-refractivity contribution in [2.75, 3.05) is 0 Å². The molecule has 5 nitrogen and oxygen atoms in total. The van der Waals surface area contributed by atoms with Crippen molar-refractivity contribution in [3.63, 3.8) is 0 Å². The molecule has 0 spiro atoms. The van der Waals surface area contributed by atoms with Gasteiger partial charge in [0.2, 0.25) is 0 Å². The van der Waals surface area contributed by atoms with Gasteiger partial charge in [-0.3, -0.25) is 10.1 Å². The average molecular weight is 197 g/mol. The van der Waals surface area contributed by atoms with Gasteiger partial charge in [0, 0.05) is 12.1 Å². The zero-order chi connectivity index (χ0) is 8.55. The Balaban J connectivity index is 0.000000845. The van der Waals surface area contributed by atoms with Crippen LogP contribution in [0.2, 0.25) is 0 Å². The number of nitro groups is 1. The summed E-state index contributed by atoms with van der Waals surface area (Å²) in [7, 11) is 0. The minimum absolute atomic E-state index is 0. The number of nitrogens with zero attached hydrogens (tertiary/aromatic N) is 2. The molecule has 1 heterocycles. The Morgan fingerprint density at radius 3 is 2.92 bits per heavy atom. The van der Waals surface area contributed by atoms with E-state index >= 15 is 0 Å². The van der Waals surface area contributed by atoms with Crippen molar-refractivity contribution < 1.29 is 4.92 Å². The molecule has 0 aliphatic heterocycles. The van der Waals surface area contributed by atoms with Crippen LogP contribution in [0.3, 0.4) is 0 Å². The summed E-state index contributed by atoms with van der Waals surface area (Å²) in [5.74, 6) is 0. The molecule has 13 heavy (non-hydrogen) atoms. The minimum atomic E-state index is -0.404. The first kappa shape index (κ1) is 9.56. The van der Waals surface area contributed by atoms with Crippen molar-refractivity contribution in [2.24, 2.45) is 0 Å². The molecular formula is C7H7N3O2S. The average Bonchev–Trinajstić information content (AvgIpc) is 2.49. The van der Waals surface area contributed by atoms with E-state index in [9.17, 15) is 10.1 Å². The smallest absolute Gasteiger partial charge is 0.270 e. The maximum atomic E-state index is 10.4. The molecule has 2 aromatic rings. The molecule has 0 aliphatic carbocycles. The lowest BCUT2D eigenvalue weighted by Gasteiger charge is -1.89. The predicted molar refractivity (Wildman–Crippen MR) is 51.3 cm³/mol. The maximum Gasteiger partial charge on any atom is 0.270 e. The van der Waals surface area contributed by atoms with Crippen molar-refractivity contribution in [1.29, 1.82) is 0 Å². The first-order valence-electron chi connectivity index (χ1n) is 3.25. The van der Waals surface area contributed by atoms with Gasteiger partial charge in [0.15, 0.2) is 0 Å². The van der Waals surface area contributed by atoms with Crippen LogP contribution in [0.4, 0.5) is 5.69 Å². The normalized spacial score (nSPS) is 9.54. The van der Waals surface area contributed by atoms with Crippen LogP contribution in [-0.2, 0) is 0 Å². The zero-order valence-corrected chi connectivity index (χ0v) is 7.45. The fourth-order valence-electron chi connectivity index (χ4n) is 0.957. The topological polar surface area (TPSA) is 91.0 Å². The highest BCUT2D eigenvalue weighted by molar-refractivity contribution is 7.16. The van der Waals surface area contributed by atoms with E-state index < -0.39 is 4.92 Å². The van der Waals surface area contributed by atoms with Crippen LogP contribution in [0.5, 0.6) is 0 Å². The van der Waals surface area contributed by atoms with Crippen molar-refractivity contribution in [1.82, 2.24) is 11.1 Å². The highest BCUT2D eigenvalue weighted by Gasteiger charge is 2.06. The Bertz CT molecular complexity index is 440. The standard InChI is InChI=1S/C7H4N2O2S.H3N/c10-9(11)5-1-2-6-7(3-5)12-4-8-6;/h1-4H;1H3. The fraction of sp³-hybridized carbons (Fsp3) is 0. The van der Waals surface area contributed by atoms with Gasteiger partial charge in [-0.2, -0.15) is 0 Å². The summed E-state index contributed by atoms with van der Waals surface area (Å²) in [5, 5.41) is 10.4. The van der Waals surface area contributed by atoms with E-state index in [1.165, 1.54) is 23.5 Å². The fourth-order valence-corrected chi connectivity index (χ4v) is 1.67. The van der Waals surface area contributed by atoms with Crippen LogP contribution in [0.15, 0.2) is 23.7 Å². The van der Waals surface area contributed by atoms with E-state index in [-0.39, 0.29) is 11.8 Å². The van der Waals surface area contributed by atoms with Gasteiger partial charge in [0.1, 0.15) is 0 Å². The second-order valence-electron chi connectivity index (χ2n) is 2.26. The van der Waals surface area contributed by atoms with Gasteiger partial charge in [-0.05, 0) is 6.07 Å². The Morgan fingerprint density at radius 2 is 2.23 bits per heavy atom. The van der Waals surface area contributed by atoms with Gasteiger partial charge in [-0.15, -0.1) is 11.3 Å². The minimum Gasteiger partial charge on any atom is -0.344 e. The lowest BCUT2D eigenvalue weighted by atomic mass is 10.3. The van der Waals surface area contributed by atoms with Crippen molar-refractivity contribution >= 4 is 27.2 Å². The third-order valence-electron chi connectivity index (χ3n) is 1.53. The lowest BCUT2D eigenvalue weighted by Crippen LogP contribution is -1.85. The molecular weight excluding hydrogens is 190 g/mol. The number of benzene rings is 1. The summed E-state index contributed by atoms with van der Waals surface area (Å²) in [5.41, 5.74) is 2.60. The van der Waals surface area contributed by atoms with Crippen LogP contribution in [0.25, 0.3) is 10.2 Å². The summed E-state index contributed by atoms with van der Waals surface area (Å²) in [6.07, 6.45) is 0. The summed E-state index contributed by atoms with van der Waals surface area (Å²) >= 11 is 1.40. The molecule has 0 saturated heterocycles. The SMILES string of the molecule is N.O=[N+]([O-])c1ccc2ncsc2c1. The highest BCUT2D eigenvalue weighted by atomic mass is 32.1. The largest absolute Gasteiger partial charge is 0.344 e. The number of non-ortho nitro benzene ring substituents is 1. The molecule has 0 amide bonds. The Hall–Kier alpha value is -1.53. The molecule has 3 N–H and O–H groups in total. The van der Waals surface area contributed by atoms with Crippen molar-refractivity contribution in [3.8, 4) is 0 Å². The molecule has 1 aromatic heterocycles. The van der Waals surface area contributed by atoms with Gasteiger partial charge in [-0.25, -0.2) is 4.98 Å². The first-order valence-corrected chi connectivity index (χ1v) is 4.13. The van der Waals surface area contributed by atoms with Gasteiger partial charge < -0.3 is 6.15 Å².